The third kappa shape index (κ3) is 8.46. The van der Waals surface area contributed by atoms with Gasteiger partial charge in [0.15, 0.2) is 0 Å². The SMILES string of the molecule is CCCOC(=O)[C@@H](CC(C)(C)C)[C@H](N[S@@](=O)C(C)(C)C)C(F)(F)F. The van der Waals surface area contributed by atoms with Crippen molar-refractivity contribution in [3.63, 3.8) is 0 Å². The quantitative estimate of drug-likeness (QED) is 0.687. The molecule has 144 valence electrons. The van der Waals surface area contributed by atoms with E-state index in [1.54, 1.807) is 48.5 Å². The summed E-state index contributed by atoms with van der Waals surface area (Å²) in [6.45, 7) is 11.8. The molecule has 1 N–H and O–H groups in total. The molecule has 0 radical (unpaired) electrons. The smallest absolute Gasteiger partial charge is 0.405 e. The van der Waals surface area contributed by atoms with Crippen LogP contribution in [0.4, 0.5) is 13.2 Å². The number of carbonyl (C=O) groups excluding carboxylic acids is 1. The minimum Gasteiger partial charge on any atom is -0.465 e. The molecule has 0 aromatic carbocycles. The van der Waals surface area contributed by atoms with E-state index in [1.165, 1.54) is 0 Å². The second kappa shape index (κ2) is 8.65. The molecule has 0 unspecified atom stereocenters. The fourth-order valence-electron chi connectivity index (χ4n) is 1.98. The lowest BCUT2D eigenvalue weighted by Crippen LogP contribution is -2.54. The third-order valence-corrected chi connectivity index (χ3v) is 4.71. The maximum atomic E-state index is 13.6. The van der Waals surface area contributed by atoms with E-state index in [4.69, 9.17) is 4.74 Å². The predicted molar refractivity (Wildman–Crippen MR) is 89.7 cm³/mol. The van der Waals surface area contributed by atoms with Crippen molar-refractivity contribution in [2.24, 2.45) is 11.3 Å². The van der Waals surface area contributed by atoms with Gasteiger partial charge in [0.25, 0.3) is 0 Å². The van der Waals surface area contributed by atoms with Gasteiger partial charge in [-0.3, -0.25) is 4.79 Å². The second-order valence-electron chi connectivity index (χ2n) is 8.06. The standard InChI is InChI=1S/C16H30F3NO3S/c1-8-9-23-13(21)11(10-14(2,3)4)12(16(17,18)19)20-24(22)15(5,6)7/h11-12,20H,8-10H2,1-7H3/t11-,12-,24-/m0/s1. The van der Waals surface area contributed by atoms with Crippen molar-refractivity contribution in [1.82, 2.24) is 4.72 Å². The lowest BCUT2D eigenvalue weighted by atomic mass is 9.81. The fraction of sp³-hybridized carbons (Fsp3) is 0.938. The van der Waals surface area contributed by atoms with Crippen LogP contribution in [0.25, 0.3) is 0 Å². The molecule has 0 aliphatic carbocycles. The van der Waals surface area contributed by atoms with Crippen LogP contribution in [0.2, 0.25) is 0 Å². The highest BCUT2D eigenvalue weighted by Crippen LogP contribution is 2.35. The Morgan fingerprint density at radius 1 is 1.12 bits per heavy atom. The van der Waals surface area contributed by atoms with E-state index in [0.717, 1.165) is 0 Å². The third-order valence-electron chi connectivity index (χ3n) is 3.13. The van der Waals surface area contributed by atoms with Crippen LogP contribution in [0.5, 0.6) is 0 Å². The van der Waals surface area contributed by atoms with Gasteiger partial charge in [-0.15, -0.1) is 0 Å². The van der Waals surface area contributed by atoms with Gasteiger partial charge in [0.05, 0.1) is 28.3 Å². The van der Waals surface area contributed by atoms with Crippen LogP contribution in [0.3, 0.4) is 0 Å². The Balaban J connectivity index is 5.64. The van der Waals surface area contributed by atoms with Crippen LogP contribution >= 0.6 is 0 Å². The topological polar surface area (TPSA) is 55.4 Å². The van der Waals surface area contributed by atoms with Crippen LogP contribution in [-0.4, -0.2) is 33.8 Å². The lowest BCUT2D eigenvalue weighted by molar-refractivity contribution is -0.181. The predicted octanol–water partition coefficient (Wildman–Crippen LogP) is 3.97. The van der Waals surface area contributed by atoms with Crippen LogP contribution < -0.4 is 4.72 Å². The first-order chi connectivity index (χ1) is 10.6. The number of esters is 1. The Hall–Kier alpha value is -0.630. The molecule has 0 bridgehead atoms. The highest BCUT2D eigenvalue weighted by atomic mass is 32.2. The lowest BCUT2D eigenvalue weighted by Gasteiger charge is -2.33. The van der Waals surface area contributed by atoms with Crippen molar-refractivity contribution in [2.45, 2.75) is 78.3 Å². The molecule has 0 saturated heterocycles. The minimum absolute atomic E-state index is 0.0337. The normalized spacial score (nSPS) is 17.2. The Bertz CT molecular complexity index is 439. The molecule has 0 amide bonds. The van der Waals surface area contributed by atoms with Gasteiger partial charge in [-0.05, 0) is 39.0 Å². The largest absolute Gasteiger partial charge is 0.465 e. The monoisotopic (exact) mass is 373 g/mol. The molecule has 24 heavy (non-hydrogen) atoms. The summed E-state index contributed by atoms with van der Waals surface area (Å²) in [5.74, 6) is -2.37. The minimum atomic E-state index is -4.72. The van der Waals surface area contributed by atoms with Crippen LogP contribution in [0.1, 0.15) is 61.3 Å². The summed E-state index contributed by atoms with van der Waals surface area (Å²) in [6.07, 6.45) is -4.23. The van der Waals surface area contributed by atoms with Gasteiger partial charge in [-0.25, -0.2) is 8.93 Å². The maximum absolute atomic E-state index is 13.6. The number of halogens is 3. The number of ether oxygens (including phenoxy) is 1. The molecule has 0 fully saturated rings. The molecule has 0 rings (SSSR count). The number of carbonyl (C=O) groups is 1. The first kappa shape index (κ1) is 23.4. The Morgan fingerprint density at radius 2 is 1.62 bits per heavy atom. The van der Waals surface area contributed by atoms with E-state index in [9.17, 15) is 22.2 Å². The van der Waals surface area contributed by atoms with E-state index in [1.807, 2.05) is 0 Å². The molecule has 8 heteroatoms. The maximum Gasteiger partial charge on any atom is 0.405 e. The van der Waals surface area contributed by atoms with Crippen LogP contribution in [0, 0.1) is 11.3 Å². The molecule has 0 aliphatic rings. The van der Waals surface area contributed by atoms with Gasteiger partial charge in [-0.1, -0.05) is 27.7 Å². The highest BCUT2D eigenvalue weighted by molar-refractivity contribution is 7.84. The molecule has 0 heterocycles. The average molecular weight is 373 g/mol. The summed E-state index contributed by atoms with van der Waals surface area (Å²) in [5.41, 5.74) is -0.524. The van der Waals surface area contributed by atoms with Crippen LogP contribution in [0.15, 0.2) is 0 Å². The van der Waals surface area contributed by atoms with Gasteiger partial charge in [-0.2, -0.15) is 13.2 Å². The summed E-state index contributed by atoms with van der Waals surface area (Å²) in [7, 11) is -1.96. The van der Waals surface area contributed by atoms with Crippen molar-refractivity contribution in [3.05, 3.63) is 0 Å². The van der Waals surface area contributed by atoms with Gasteiger partial charge >= 0.3 is 12.1 Å². The number of alkyl halides is 3. The van der Waals surface area contributed by atoms with Crippen molar-refractivity contribution in [3.8, 4) is 0 Å². The van der Waals surface area contributed by atoms with E-state index in [2.05, 4.69) is 4.72 Å². The summed E-state index contributed by atoms with van der Waals surface area (Å²) in [6, 6.07) is -2.22. The molecular formula is C16H30F3NO3S. The Labute approximate surface area is 145 Å². The average Bonchev–Trinajstić information content (AvgIpc) is 2.35. The van der Waals surface area contributed by atoms with Crippen LogP contribution in [-0.2, 0) is 20.5 Å². The molecule has 0 aromatic heterocycles. The number of hydrogen-bond donors (Lipinski definition) is 1. The summed E-state index contributed by atoms with van der Waals surface area (Å²) >= 11 is 0. The van der Waals surface area contributed by atoms with Crippen molar-refractivity contribution < 1.29 is 26.9 Å². The van der Waals surface area contributed by atoms with Crippen molar-refractivity contribution in [2.75, 3.05) is 6.61 Å². The number of rotatable bonds is 7. The second-order valence-corrected chi connectivity index (χ2v) is 10.1. The molecule has 0 spiro atoms. The van der Waals surface area contributed by atoms with Gasteiger partial charge < -0.3 is 4.74 Å². The Kier molecular flexibility index (Phi) is 8.42. The zero-order valence-electron chi connectivity index (χ0n) is 15.5. The zero-order chi connectivity index (χ0) is 19.3. The summed E-state index contributed by atoms with van der Waals surface area (Å²) in [5, 5.41) is 0. The van der Waals surface area contributed by atoms with Gasteiger partial charge in [0, 0.05) is 0 Å². The Morgan fingerprint density at radius 3 is 1.96 bits per heavy atom. The van der Waals surface area contributed by atoms with Crippen molar-refractivity contribution >= 4 is 17.0 Å². The first-order valence-corrected chi connectivity index (χ1v) is 9.16. The molecule has 3 atom stereocenters. The van der Waals surface area contributed by atoms with E-state index in [-0.39, 0.29) is 13.0 Å². The first-order valence-electron chi connectivity index (χ1n) is 8.01. The molecular weight excluding hydrogens is 343 g/mol. The van der Waals surface area contributed by atoms with E-state index < -0.39 is 45.3 Å². The molecule has 0 aliphatic heterocycles. The van der Waals surface area contributed by atoms with Crippen molar-refractivity contribution in [1.29, 1.82) is 0 Å². The summed E-state index contributed by atoms with van der Waals surface area (Å²) in [4.78, 5) is 12.2. The molecule has 4 nitrogen and oxygen atoms in total. The summed E-state index contributed by atoms with van der Waals surface area (Å²) < 4.78 is 59.1. The number of hydrogen-bond acceptors (Lipinski definition) is 3. The van der Waals surface area contributed by atoms with E-state index >= 15 is 0 Å². The van der Waals surface area contributed by atoms with Gasteiger partial charge in [0.1, 0.15) is 6.04 Å². The zero-order valence-corrected chi connectivity index (χ0v) is 16.4. The fourth-order valence-corrected chi connectivity index (χ4v) is 2.86. The molecule has 0 saturated carbocycles. The number of nitrogens with one attached hydrogen (secondary N) is 1. The van der Waals surface area contributed by atoms with Gasteiger partial charge in [0.2, 0.25) is 0 Å². The molecule has 0 aromatic rings. The van der Waals surface area contributed by atoms with E-state index in [0.29, 0.717) is 6.42 Å². The highest BCUT2D eigenvalue weighted by Gasteiger charge is 2.50.